The van der Waals surface area contributed by atoms with E-state index in [0.717, 1.165) is 25.7 Å². The summed E-state index contributed by atoms with van der Waals surface area (Å²) in [7, 11) is 2.16. The molecule has 2 N–H and O–H groups in total. The molecule has 0 aromatic rings. The summed E-state index contributed by atoms with van der Waals surface area (Å²) < 4.78 is 0. The van der Waals surface area contributed by atoms with Crippen molar-refractivity contribution in [3.05, 3.63) is 0 Å². The van der Waals surface area contributed by atoms with Crippen molar-refractivity contribution < 1.29 is 4.79 Å². The van der Waals surface area contributed by atoms with Crippen LogP contribution in [-0.4, -0.2) is 49.6 Å². The largest absolute Gasteiger partial charge is 0.354 e. The molecule has 0 bridgehead atoms. The summed E-state index contributed by atoms with van der Waals surface area (Å²) in [5, 5.41) is 6.37. The number of likely N-dealkylation sites (N-methyl/N-ethyl adjacent to an activating group) is 1. The highest BCUT2D eigenvalue weighted by molar-refractivity contribution is 5.79. The van der Waals surface area contributed by atoms with Crippen LogP contribution in [0.1, 0.15) is 26.7 Å². The molecular weight excluding hydrogens is 214 g/mol. The van der Waals surface area contributed by atoms with Crippen LogP contribution < -0.4 is 10.6 Å². The lowest BCUT2D eigenvalue weighted by molar-refractivity contribution is -0.125. The van der Waals surface area contributed by atoms with Gasteiger partial charge in [0.05, 0.1) is 5.92 Å². The molecule has 0 spiro atoms. The summed E-state index contributed by atoms with van der Waals surface area (Å²) in [6, 6.07) is 1.20. The molecule has 1 amide bonds. The van der Waals surface area contributed by atoms with E-state index >= 15 is 0 Å². The van der Waals surface area contributed by atoms with Crippen molar-refractivity contribution in [2.75, 3.05) is 26.7 Å². The van der Waals surface area contributed by atoms with Gasteiger partial charge in [-0.1, -0.05) is 6.92 Å². The second-order valence-electron chi connectivity index (χ2n) is 5.73. The Balaban J connectivity index is 1.71. The van der Waals surface area contributed by atoms with Gasteiger partial charge >= 0.3 is 0 Å². The van der Waals surface area contributed by atoms with Crippen molar-refractivity contribution in [3.8, 4) is 0 Å². The summed E-state index contributed by atoms with van der Waals surface area (Å²) in [6.45, 7) is 6.91. The minimum atomic E-state index is 0.161. The number of rotatable bonds is 5. The minimum absolute atomic E-state index is 0.161. The number of nitrogens with one attached hydrogen (secondary N) is 2. The van der Waals surface area contributed by atoms with E-state index in [1.165, 1.54) is 12.8 Å². The fraction of sp³-hybridized carbons (Fsp3) is 0.923. The highest BCUT2D eigenvalue weighted by Gasteiger charge is 2.31. The number of hydrogen-bond acceptors (Lipinski definition) is 3. The fourth-order valence-electron chi connectivity index (χ4n) is 2.53. The fourth-order valence-corrected chi connectivity index (χ4v) is 2.53. The summed E-state index contributed by atoms with van der Waals surface area (Å²) in [4.78, 5) is 14.4. The average molecular weight is 239 g/mol. The Hall–Kier alpha value is -0.610. The zero-order valence-corrected chi connectivity index (χ0v) is 11.2. The third-order valence-electron chi connectivity index (χ3n) is 4.24. The molecule has 0 aromatic carbocycles. The van der Waals surface area contributed by atoms with Crippen molar-refractivity contribution >= 4 is 5.91 Å². The molecule has 1 unspecified atom stereocenters. The first-order valence-electron chi connectivity index (χ1n) is 6.80. The average Bonchev–Trinajstić information content (AvgIpc) is 3.07. The summed E-state index contributed by atoms with van der Waals surface area (Å²) >= 11 is 0. The number of nitrogens with zero attached hydrogens (tertiary/aromatic N) is 1. The van der Waals surface area contributed by atoms with Crippen LogP contribution in [-0.2, 0) is 4.79 Å². The van der Waals surface area contributed by atoms with Crippen molar-refractivity contribution in [3.63, 3.8) is 0 Å². The van der Waals surface area contributed by atoms with Crippen LogP contribution in [0.5, 0.6) is 0 Å². The predicted octanol–water partition coefficient (Wildman–Crippen LogP) is 0.441. The van der Waals surface area contributed by atoms with Crippen LogP contribution in [0.3, 0.4) is 0 Å². The van der Waals surface area contributed by atoms with E-state index in [1.807, 2.05) is 0 Å². The van der Waals surface area contributed by atoms with E-state index in [-0.39, 0.29) is 11.8 Å². The molecule has 4 nitrogen and oxygen atoms in total. The van der Waals surface area contributed by atoms with E-state index in [4.69, 9.17) is 0 Å². The van der Waals surface area contributed by atoms with Crippen LogP contribution in [0.25, 0.3) is 0 Å². The Kier molecular flexibility index (Phi) is 4.05. The molecule has 1 aliphatic heterocycles. The van der Waals surface area contributed by atoms with Crippen molar-refractivity contribution in [2.45, 2.75) is 38.8 Å². The van der Waals surface area contributed by atoms with Gasteiger partial charge in [-0.2, -0.15) is 0 Å². The molecule has 1 saturated heterocycles. The van der Waals surface area contributed by atoms with Crippen molar-refractivity contribution in [2.24, 2.45) is 11.8 Å². The van der Waals surface area contributed by atoms with Crippen LogP contribution >= 0.6 is 0 Å². The zero-order chi connectivity index (χ0) is 12.4. The van der Waals surface area contributed by atoms with Crippen molar-refractivity contribution in [1.82, 2.24) is 15.5 Å². The van der Waals surface area contributed by atoms with Gasteiger partial charge in [0.15, 0.2) is 0 Å². The third kappa shape index (κ3) is 3.19. The SMILES string of the molecule is CC(CNC(=O)[C@@H]1CNC[C@H]1C)N(C)C1CC1. The van der Waals surface area contributed by atoms with Crippen LogP contribution in [0.4, 0.5) is 0 Å². The molecule has 1 saturated carbocycles. The van der Waals surface area contributed by atoms with E-state index in [2.05, 4.69) is 36.4 Å². The summed E-state index contributed by atoms with van der Waals surface area (Å²) in [5.41, 5.74) is 0. The lowest BCUT2D eigenvalue weighted by Crippen LogP contribution is -2.44. The van der Waals surface area contributed by atoms with Gasteiger partial charge in [0.2, 0.25) is 5.91 Å². The monoisotopic (exact) mass is 239 g/mol. The van der Waals surface area contributed by atoms with E-state index < -0.39 is 0 Å². The van der Waals surface area contributed by atoms with Gasteiger partial charge in [0, 0.05) is 25.2 Å². The van der Waals surface area contributed by atoms with Gasteiger partial charge in [-0.25, -0.2) is 0 Å². The Morgan fingerprint density at radius 3 is 2.71 bits per heavy atom. The highest BCUT2D eigenvalue weighted by atomic mass is 16.1. The normalized spacial score (nSPS) is 30.6. The molecule has 0 aromatic heterocycles. The quantitative estimate of drug-likeness (QED) is 0.732. The standard InChI is InChI=1S/C13H25N3O/c1-9-6-14-8-12(9)13(17)15-7-10(2)16(3)11-4-5-11/h9-12,14H,4-8H2,1-3H3,(H,15,17)/t9-,10?,12-/m1/s1. The first kappa shape index (κ1) is 12.8. The molecule has 2 aliphatic rings. The Labute approximate surface area is 104 Å². The second-order valence-corrected chi connectivity index (χ2v) is 5.73. The molecule has 1 heterocycles. The molecule has 0 radical (unpaired) electrons. The third-order valence-corrected chi connectivity index (χ3v) is 4.24. The lowest BCUT2D eigenvalue weighted by Gasteiger charge is -2.25. The lowest BCUT2D eigenvalue weighted by atomic mass is 9.97. The molecule has 3 atom stereocenters. The van der Waals surface area contributed by atoms with E-state index in [1.54, 1.807) is 0 Å². The minimum Gasteiger partial charge on any atom is -0.354 e. The van der Waals surface area contributed by atoms with Crippen molar-refractivity contribution in [1.29, 1.82) is 0 Å². The van der Waals surface area contributed by atoms with Gasteiger partial charge < -0.3 is 10.6 Å². The van der Waals surface area contributed by atoms with Crippen LogP contribution in [0.2, 0.25) is 0 Å². The Morgan fingerprint density at radius 1 is 1.47 bits per heavy atom. The van der Waals surface area contributed by atoms with E-state index in [9.17, 15) is 4.79 Å². The molecule has 17 heavy (non-hydrogen) atoms. The summed E-state index contributed by atoms with van der Waals surface area (Å²) in [5.74, 6) is 0.846. The molecular formula is C13H25N3O. The zero-order valence-electron chi connectivity index (χ0n) is 11.2. The van der Waals surface area contributed by atoms with Gasteiger partial charge in [0.1, 0.15) is 0 Å². The maximum Gasteiger partial charge on any atom is 0.224 e. The molecule has 98 valence electrons. The highest BCUT2D eigenvalue weighted by Crippen LogP contribution is 2.26. The molecule has 1 aliphatic carbocycles. The number of amides is 1. The first-order chi connectivity index (χ1) is 8.09. The number of carbonyl (C=O) groups excluding carboxylic acids is 1. The summed E-state index contributed by atoms with van der Waals surface area (Å²) in [6.07, 6.45) is 2.64. The van der Waals surface area contributed by atoms with Gasteiger partial charge in [-0.05, 0) is 39.3 Å². The molecule has 2 fully saturated rings. The van der Waals surface area contributed by atoms with Gasteiger partial charge in [0.25, 0.3) is 0 Å². The predicted molar refractivity (Wildman–Crippen MR) is 68.8 cm³/mol. The van der Waals surface area contributed by atoms with Gasteiger partial charge in [-0.3, -0.25) is 9.69 Å². The number of carbonyl (C=O) groups is 1. The first-order valence-corrected chi connectivity index (χ1v) is 6.80. The van der Waals surface area contributed by atoms with Crippen LogP contribution in [0, 0.1) is 11.8 Å². The molecule has 2 rings (SSSR count). The maximum absolute atomic E-state index is 12.0. The number of hydrogen-bond donors (Lipinski definition) is 2. The maximum atomic E-state index is 12.0. The van der Waals surface area contributed by atoms with Gasteiger partial charge in [-0.15, -0.1) is 0 Å². The molecule has 4 heteroatoms. The van der Waals surface area contributed by atoms with Crippen LogP contribution in [0.15, 0.2) is 0 Å². The Morgan fingerprint density at radius 2 is 2.18 bits per heavy atom. The smallest absolute Gasteiger partial charge is 0.224 e. The second kappa shape index (κ2) is 5.36. The Bertz CT molecular complexity index is 278. The topological polar surface area (TPSA) is 44.4 Å². The van der Waals surface area contributed by atoms with E-state index in [0.29, 0.717) is 12.0 Å².